The van der Waals surface area contributed by atoms with Crippen LogP contribution in [0, 0.1) is 0 Å². The minimum Gasteiger partial charge on any atom is -0.494 e. The Morgan fingerprint density at radius 1 is 1.07 bits per heavy atom. The third-order valence-electron chi connectivity index (χ3n) is 3.64. The van der Waals surface area contributed by atoms with Gasteiger partial charge in [-0.25, -0.2) is 4.79 Å². The Morgan fingerprint density at radius 3 is 2.10 bits per heavy atom. The van der Waals surface area contributed by atoms with Gasteiger partial charge >= 0.3 is 24.2 Å². The van der Waals surface area contributed by atoms with Gasteiger partial charge in [0.1, 0.15) is 0 Å². The molecule has 0 aliphatic heterocycles. The molecule has 0 saturated carbocycles. The minimum absolute atomic E-state index is 0.102. The Labute approximate surface area is 165 Å². The van der Waals surface area contributed by atoms with E-state index >= 15 is 0 Å². The summed E-state index contributed by atoms with van der Waals surface area (Å²) >= 11 is 5.47. The molecule has 0 saturated heterocycles. The smallest absolute Gasteiger partial charge is 0.461 e. The van der Waals surface area contributed by atoms with Crippen LogP contribution in [0.2, 0.25) is 5.02 Å². The number of aryl methyl sites for hydroxylation is 1. The molecule has 1 rings (SSSR count). The number of rotatable bonds is 7. The molecule has 164 valence electrons. The molecule has 0 unspecified atom stereocenters. The van der Waals surface area contributed by atoms with E-state index in [-0.39, 0.29) is 12.2 Å². The van der Waals surface area contributed by atoms with Gasteiger partial charge in [-0.2, -0.15) is 35.1 Å². The van der Waals surface area contributed by atoms with Crippen molar-refractivity contribution in [2.45, 2.75) is 38.0 Å². The fraction of sp³-hybridized carbons (Fsp3) is 0.471. The van der Waals surface area contributed by atoms with Crippen molar-refractivity contribution in [2.24, 2.45) is 0 Å². The van der Waals surface area contributed by atoms with Crippen LogP contribution in [0.3, 0.4) is 0 Å². The van der Waals surface area contributed by atoms with E-state index in [1.165, 1.54) is 6.92 Å². The second-order valence-corrected chi connectivity index (χ2v) is 6.02. The first-order valence-corrected chi connectivity index (χ1v) is 8.29. The van der Waals surface area contributed by atoms with Crippen LogP contribution in [0.5, 0.6) is 0 Å². The molecule has 0 aromatic heterocycles. The van der Waals surface area contributed by atoms with Gasteiger partial charge in [-0.1, -0.05) is 17.7 Å². The lowest BCUT2D eigenvalue weighted by molar-refractivity contribution is -0.276. The Kier molecular flexibility index (Phi) is 7.92. The summed E-state index contributed by atoms with van der Waals surface area (Å²) in [5.74, 6) is -8.99. The maximum absolute atomic E-state index is 13.8. The number of halogens is 9. The number of hydrogen-bond acceptors (Lipinski definition) is 3. The molecule has 0 spiro atoms. The summed E-state index contributed by atoms with van der Waals surface area (Å²) in [5, 5.41) is -0.622. The molecule has 29 heavy (non-hydrogen) atoms. The predicted octanol–water partition coefficient (Wildman–Crippen LogP) is 5.95. The lowest BCUT2D eigenvalue weighted by Crippen LogP contribution is -2.40. The Hall–Kier alpha value is -2.04. The molecule has 1 aromatic rings. The van der Waals surface area contributed by atoms with E-state index in [9.17, 15) is 39.9 Å². The van der Waals surface area contributed by atoms with Gasteiger partial charge in [0, 0.05) is 0 Å². The van der Waals surface area contributed by atoms with Crippen LogP contribution in [0.1, 0.15) is 24.5 Å². The van der Waals surface area contributed by atoms with Crippen LogP contribution in [0.25, 0.3) is 0 Å². The van der Waals surface area contributed by atoms with Crippen molar-refractivity contribution < 1.29 is 49.4 Å². The van der Waals surface area contributed by atoms with Crippen molar-refractivity contribution in [1.29, 1.82) is 0 Å². The standard InChI is InChI=1S/C17H15ClF8O3/c1-3-29-14(27)10(13(28-2)15(19,20)17(24,25)26)6-4-9-5-7-12(18)11(8-9)16(21,22)23/h5,7-8H,3-4,6H2,1-2H3. The summed E-state index contributed by atoms with van der Waals surface area (Å²) in [6, 6.07) is 2.63. The molecular formula is C17H15ClF8O3. The van der Waals surface area contributed by atoms with Gasteiger partial charge < -0.3 is 9.47 Å². The van der Waals surface area contributed by atoms with Gasteiger partial charge in [0.15, 0.2) is 5.76 Å². The number of carbonyl (C=O) groups is 1. The number of methoxy groups -OCH3 is 1. The van der Waals surface area contributed by atoms with Crippen LogP contribution in [0.15, 0.2) is 29.5 Å². The van der Waals surface area contributed by atoms with Crippen molar-refractivity contribution >= 4 is 17.6 Å². The number of esters is 1. The van der Waals surface area contributed by atoms with E-state index in [0.29, 0.717) is 13.2 Å². The van der Waals surface area contributed by atoms with Gasteiger partial charge in [0.05, 0.1) is 29.9 Å². The van der Waals surface area contributed by atoms with E-state index < -0.39 is 59.0 Å². The van der Waals surface area contributed by atoms with Crippen LogP contribution < -0.4 is 0 Å². The zero-order chi connectivity index (χ0) is 22.6. The van der Waals surface area contributed by atoms with Gasteiger partial charge in [0.25, 0.3) is 0 Å². The average molecular weight is 455 g/mol. The van der Waals surface area contributed by atoms with Gasteiger partial charge in [-0.15, -0.1) is 0 Å². The second kappa shape index (κ2) is 9.19. The van der Waals surface area contributed by atoms with Crippen molar-refractivity contribution in [1.82, 2.24) is 0 Å². The molecule has 0 aliphatic carbocycles. The molecule has 0 N–H and O–H groups in total. The summed E-state index contributed by atoms with van der Waals surface area (Å²) in [6.45, 7) is 0.953. The fourth-order valence-electron chi connectivity index (χ4n) is 2.31. The zero-order valence-electron chi connectivity index (χ0n) is 15.0. The first kappa shape index (κ1) is 25.0. The number of benzene rings is 1. The molecule has 0 radical (unpaired) electrons. The Balaban J connectivity index is 3.37. The lowest BCUT2D eigenvalue weighted by Gasteiger charge is -2.24. The number of ether oxygens (including phenoxy) is 2. The molecule has 0 atom stereocenters. The zero-order valence-corrected chi connectivity index (χ0v) is 15.7. The summed E-state index contributed by atoms with van der Waals surface area (Å²) < 4.78 is 113. The van der Waals surface area contributed by atoms with Crippen molar-refractivity contribution in [3.8, 4) is 0 Å². The number of hydrogen-bond donors (Lipinski definition) is 0. The molecule has 0 bridgehead atoms. The highest BCUT2D eigenvalue weighted by molar-refractivity contribution is 6.31. The van der Waals surface area contributed by atoms with Crippen LogP contribution in [0.4, 0.5) is 35.1 Å². The van der Waals surface area contributed by atoms with Crippen molar-refractivity contribution in [3.63, 3.8) is 0 Å². The highest BCUT2D eigenvalue weighted by Gasteiger charge is 2.62. The normalized spacial score (nSPS) is 13.8. The molecule has 12 heteroatoms. The van der Waals surface area contributed by atoms with Crippen molar-refractivity contribution in [2.75, 3.05) is 13.7 Å². The third-order valence-corrected chi connectivity index (χ3v) is 3.97. The highest BCUT2D eigenvalue weighted by atomic mass is 35.5. The van der Waals surface area contributed by atoms with Crippen LogP contribution in [-0.2, 0) is 26.9 Å². The van der Waals surface area contributed by atoms with Gasteiger partial charge in [-0.3, -0.25) is 0 Å². The largest absolute Gasteiger partial charge is 0.494 e. The molecule has 1 aromatic carbocycles. The summed E-state index contributed by atoms with van der Waals surface area (Å²) in [5.41, 5.74) is -2.46. The molecule has 3 nitrogen and oxygen atoms in total. The SMILES string of the molecule is CCOC(=O)C(CCc1ccc(Cl)c(C(F)(F)F)c1)=C(OC)C(F)(F)C(F)(F)F. The second-order valence-electron chi connectivity index (χ2n) is 5.62. The Morgan fingerprint density at radius 2 is 1.66 bits per heavy atom. The molecular weight excluding hydrogens is 440 g/mol. The number of alkyl halides is 8. The molecule has 0 amide bonds. The van der Waals surface area contributed by atoms with Crippen LogP contribution >= 0.6 is 11.6 Å². The predicted molar refractivity (Wildman–Crippen MR) is 86.4 cm³/mol. The number of allylic oxidation sites excluding steroid dienone is 1. The quantitative estimate of drug-likeness (QED) is 0.221. The van der Waals surface area contributed by atoms with E-state index in [2.05, 4.69) is 9.47 Å². The summed E-state index contributed by atoms with van der Waals surface area (Å²) in [6.07, 6.45) is -12.2. The molecule has 0 aliphatic rings. The highest BCUT2D eigenvalue weighted by Crippen LogP contribution is 2.43. The average Bonchev–Trinajstić information content (AvgIpc) is 2.57. The molecule has 0 fully saturated rings. The van der Waals surface area contributed by atoms with E-state index in [1.54, 1.807) is 0 Å². The monoisotopic (exact) mass is 454 g/mol. The summed E-state index contributed by atoms with van der Waals surface area (Å²) in [7, 11) is 0.512. The topological polar surface area (TPSA) is 35.5 Å². The fourth-order valence-corrected chi connectivity index (χ4v) is 2.54. The number of carbonyl (C=O) groups excluding carboxylic acids is 1. The van der Waals surface area contributed by atoms with Gasteiger partial charge in [-0.05, 0) is 37.5 Å². The van der Waals surface area contributed by atoms with Crippen LogP contribution in [-0.4, -0.2) is 31.8 Å². The van der Waals surface area contributed by atoms with E-state index in [4.69, 9.17) is 11.6 Å². The Bertz CT molecular complexity index is 769. The first-order valence-electron chi connectivity index (χ1n) is 7.91. The molecule has 0 heterocycles. The summed E-state index contributed by atoms with van der Waals surface area (Å²) in [4.78, 5) is 12.0. The van der Waals surface area contributed by atoms with E-state index in [1.807, 2.05) is 0 Å². The third kappa shape index (κ3) is 5.97. The maximum Gasteiger partial charge on any atom is 0.461 e. The van der Waals surface area contributed by atoms with Crippen molar-refractivity contribution in [3.05, 3.63) is 45.7 Å². The lowest BCUT2D eigenvalue weighted by atomic mass is 9.99. The minimum atomic E-state index is -6.07. The van der Waals surface area contributed by atoms with Gasteiger partial charge in [0.2, 0.25) is 0 Å². The first-order chi connectivity index (χ1) is 13.2. The van der Waals surface area contributed by atoms with E-state index in [0.717, 1.165) is 12.1 Å². The maximum atomic E-state index is 13.8.